The average Bonchev–Trinajstić information content (AvgIpc) is 3.40. The Bertz CT molecular complexity index is 1220. The lowest BCUT2D eigenvalue weighted by molar-refractivity contribution is -0.139. The Balaban J connectivity index is 1.66. The molecule has 1 saturated heterocycles. The highest BCUT2D eigenvalue weighted by Crippen LogP contribution is 2.41. The second-order valence-corrected chi connectivity index (χ2v) is 10.6. The first-order valence-corrected chi connectivity index (χ1v) is 12.6. The number of ketones is 1. The zero-order chi connectivity index (χ0) is 26.9. The van der Waals surface area contributed by atoms with Gasteiger partial charge in [-0.15, -0.1) is 0 Å². The zero-order valence-electron chi connectivity index (χ0n) is 21.8. The predicted molar refractivity (Wildman–Crippen MR) is 140 cm³/mol. The second kappa shape index (κ2) is 10.4. The van der Waals surface area contributed by atoms with Crippen LogP contribution in [-0.4, -0.2) is 71.7 Å². The number of carbonyl (C=O) groups is 2. The first-order valence-electron chi connectivity index (χ1n) is 12.6. The highest BCUT2D eigenvalue weighted by molar-refractivity contribution is 6.06. The van der Waals surface area contributed by atoms with Crippen LogP contribution in [0.5, 0.6) is 11.5 Å². The van der Waals surface area contributed by atoms with Crippen LogP contribution < -0.4 is 14.4 Å². The Morgan fingerprint density at radius 1 is 1.16 bits per heavy atom. The van der Waals surface area contributed by atoms with Crippen molar-refractivity contribution in [3.05, 3.63) is 52.6 Å². The number of hydrogen-bond acceptors (Lipinski definition) is 7. The number of aliphatic hydroxyl groups is 1. The molecule has 0 bridgehead atoms. The van der Waals surface area contributed by atoms with E-state index in [1.54, 1.807) is 17.0 Å². The number of anilines is 1. The molecule has 3 N–H and O–H groups in total. The van der Waals surface area contributed by atoms with Gasteiger partial charge in [0.15, 0.2) is 12.4 Å². The normalized spacial score (nSPS) is 17.2. The molecule has 1 fully saturated rings. The molecule has 0 saturated carbocycles. The number of amidine groups is 1. The third-order valence-electron chi connectivity index (χ3n) is 6.70. The van der Waals surface area contributed by atoms with Crippen LogP contribution in [0.3, 0.4) is 0 Å². The number of hydrogen-bond donors (Lipinski definition) is 3. The highest BCUT2D eigenvalue weighted by atomic mass is 16.5. The molecule has 1 unspecified atom stereocenters. The van der Waals surface area contributed by atoms with E-state index < -0.39 is 24.1 Å². The summed E-state index contributed by atoms with van der Waals surface area (Å²) < 4.78 is 11.3. The SMILES string of the molecule is CCOc1ccc2c(c1)C(=N)N(CC(=O)c1cc(N3CCC(O)C3)c(OCC(=O)O)c(C(C)(C)C)c1)C2. The summed E-state index contributed by atoms with van der Waals surface area (Å²) in [4.78, 5) is 28.6. The van der Waals surface area contributed by atoms with E-state index in [0.717, 1.165) is 16.7 Å². The molecule has 2 aromatic rings. The van der Waals surface area contributed by atoms with Crippen LogP contribution in [0.4, 0.5) is 5.69 Å². The Kier molecular flexibility index (Phi) is 7.45. The molecule has 0 aromatic heterocycles. The lowest BCUT2D eigenvalue weighted by Crippen LogP contribution is -2.31. The molecule has 2 aliphatic rings. The number of carboxylic acid groups (broad SMARTS) is 1. The summed E-state index contributed by atoms with van der Waals surface area (Å²) in [7, 11) is 0. The number of carboxylic acids is 1. The maximum Gasteiger partial charge on any atom is 0.341 e. The van der Waals surface area contributed by atoms with Crippen molar-refractivity contribution >= 4 is 23.3 Å². The topological polar surface area (TPSA) is 123 Å². The summed E-state index contributed by atoms with van der Waals surface area (Å²) in [5, 5.41) is 28.1. The van der Waals surface area contributed by atoms with Crippen LogP contribution in [0.15, 0.2) is 30.3 Å². The van der Waals surface area contributed by atoms with Crippen molar-refractivity contribution in [3.8, 4) is 11.5 Å². The van der Waals surface area contributed by atoms with Crippen LogP contribution in [0, 0.1) is 5.41 Å². The first kappa shape index (κ1) is 26.5. The van der Waals surface area contributed by atoms with Gasteiger partial charge in [0, 0.05) is 36.3 Å². The monoisotopic (exact) mass is 509 g/mol. The number of benzene rings is 2. The van der Waals surface area contributed by atoms with Gasteiger partial charge >= 0.3 is 5.97 Å². The van der Waals surface area contributed by atoms with Crippen molar-refractivity contribution in [2.75, 3.05) is 37.7 Å². The minimum absolute atomic E-state index is 0.0262. The first-order chi connectivity index (χ1) is 17.5. The standard InChI is InChI=1S/C28H35N3O6/c1-5-36-20-7-6-17-13-31(27(29)21(17)12-20)15-24(33)18-10-22(28(2,3)4)26(37-16-25(34)35)23(11-18)30-9-8-19(32)14-30/h6-7,10-12,19,29,32H,5,8-9,13-16H2,1-4H3,(H,34,35). The maximum absolute atomic E-state index is 13.6. The van der Waals surface area contributed by atoms with Gasteiger partial charge < -0.3 is 29.5 Å². The van der Waals surface area contributed by atoms with Crippen LogP contribution in [0.25, 0.3) is 0 Å². The molecule has 2 heterocycles. The number of Topliss-reactive ketones (excluding diaryl/α,β-unsaturated/α-hetero) is 1. The molecule has 2 aliphatic heterocycles. The predicted octanol–water partition coefficient (Wildman–Crippen LogP) is 3.44. The summed E-state index contributed by atoms with van der Waals surface area (Å²) in [6.07, 6.45) is 0.0730. The molecule has 0 amide bonds. The number of carbonyl (C=O) groups excluding carboxylic acids is 1. The van der Waals surface area contributed by atoms with Crippen LogP contribution in [0.1, 0.15) is 61.2 Å². The average molecular weight is 510 g/mol. The van der Waals surface area contributed by atoms with Gasteiger partial charge in [-0.3, -0.25) is 10.2 Å². The van der Waals surface area contributed by atoms with E-state index >= 15 is 0 Å². The Morgan fingerprint density at radius 2 is 1.92 bits per heavy atom. The quantitative estimate of drug-likeness (QED) is 0.439. The molecule has 1 atom stereocenters. The van der Waals surface area contributed by atoms with E-state index in [-0.39, 0.29) is 18.2 Å². The molecular formula is C28H35N3O6. The number of rotatable bonds is 9. The fourth-order valence-corrected chi connectivity index (χ4v) is 4.84. The van der Waals surface area contributed by atoms with E-state index in [0.29, 0.717) is 55.4 Å². The summed E-state index contributed by atoms with van der Waals surface area (Å²) in [6, 6.07) is 9.16. The third-order valence-corrected chi connectivity index (χ3v) is 6.70. The maximum atomic E-state index is 13.6. The van der Waals surface area contributed by atoms with Crippen LogP contribution in [0.2, 0.25) is 0 Å². The van der Waals surface area contributed by atoms with Crippen molar-refractivity contribution in [1.29, 1.82) is 5.41 Å². The number of fused-ring (bicyclic) bond motifs is 1. The molecule has 198 valence electrons. The van der Waals surface area contributed by atoms with Gasteiger partial charge in [-0.05, 0) is 48.6 Å². The molecule has 37 heavy (non-hydrogen) atoms. The van der Waals surface area contributed by atoms with Crippen molar-refractivity contribution in [2.24, 2.45) is 0 Å². The fraction of sp³-hybridized carbons (Fsp3) is 0.464. The van der Waals surface area contributed by atoms with Gasteiger partial charge in [0.2, 0.25) is 0 Å². The van der Waals surface area contributed by atoms with Crippen LogP contribution in [-0.2, 0) is 16.8 Å². The van der Waals surface area contributed by atoms with Gasteiger partial charge in [0.05, 0.1) is 24.9 Å². The number of aliphatic carboxylic acids is 1. The van der Waals surface area contributed by atoms with E-state index in [9.17, 15) is 19.8 Å². The molecular weight excluding hydrogens is 474 g/mol. The molecule has 0 spiro atoms. The number of aliphatic hydroxyl groups excluding tert-OH is 1. The minimum Gasteiger partial charge on any atom is -0.494 e. The van der Waals surface area contributed by atoms with Crippen molar-refractivity contribution < 1.29 is 29.3 Å². The third kappa shape index (κ3) is 5.72. The van der Waals surface area contributed by atoms with Crippen LogP contribution >= 0.6 is 0 Å². The van der Waals surface area contributed by atoms with Crippen molar-refractivity contribution in [2.45, 2.75) is 52.2 Å². The number of nitrogens with zero attached hydrogens (tertiary/aromatic N) is 2. The van der Waals surface area contributed by atoms with Crippen molar-refractivity contribution in [1.82, 2.24) is 4.90 Å². The summed E-state index contributed by atoms with van der Waals surface area (Å²) in [6.45, 7) is 9.31. The summed E-state index contributed by atoms with van der Waals surface area (Å²) in [5.41, 5.74) is 3.08. The lowest BCUT2D eigenvalue weighted by Gasteiger charge is -2.29. The minimum atomic E-state index is -1.09. The lowest BCUT2D eigenvalue weighted by atomic mass is 9.84. The number of nitrogens with one attached hydrogen (secondary N) is 1. The largest absolute Gasteiger partial charge is 0.494 e. The number of ether oxygens (including phenoxy) is 2. The Morgan fingerprint density at radius 3 is 2.54 bits per heavy atom. The second-order valence-electron chi connectivity index (χ2n) is 10.6. The van der Waals surface area contributed by atoms with E-state index in [2.05, 4.69) is 0 Å². The molecule has 9 nitrogen and oxygen atoms in total. The van der Waals surface area contributed by atoms with Gasteiger partial charge in [0.25, 0.3) is 0 Å². The van der Waals surface area contributed by atoms with Gasteiger partial charge in [-0.25, -0.2) is 4.79 Å². The Hall–Kier alpha value is -3.59. The summed E-state index contributed by atoms with van der Waals surface area (Å²) in [5.74, 6) is 0.157. The Labute approximate surface area is 217 Å². The molecule has 4 rings (SSSR count). The fourth-order valence-electron chi connectivity index (χ4n) is 4.84. The molecule has 0 aliphatic carbocycles. The van der Waals surface area contributed by atoms with E-state index in [1.807, 2.05) is 50.8 Å². The summed E-state index contributed by atoms with van der Waals surface area (Å²) >= 11 is 0. The zero-order valence-corrected chi connectivity index (χ0v) is 21.8. The smallest absolute Gasteiger partial charge is 0.341 e. The number of β-amino-alcohol motifs (C(OH)–C–C–N with tert-alkyl or cyclic N) is 1. The molecule has 9 heteroatoms. The van der Waals surface area contributed by atoms with E-state index in [1.165, 1.54) is 0 Å². The van der Waals surface area contributed by atoms with Crippen molar-refractivity contribution in [3.63, 3.8) is 0 Å². The molecule has 2 aromatic carbocycles. The van der Waals surface area contributed by atoms with Gasteiger partial charge in [-0.1, -0.05) is 26.8 Å². The molecule has 0 radical (unpaired) electrons. The van der Waals surface area contributed by atoms with Gasteiger partial charge in [-0.2, -0.15) is 0 Å². The van der Waals surface area contributed by atoms with E-state index in [4.69, 9.17) is 14.9 Å². The van der Waals surface area contributed by atoms with Gasteiger partial charge in [0.1, 0.15) is 17.3 Å². The highest BCUT2D eigenvalue weighted by Gasteiger charge is 2.32.